The van der Waals surface area contributed by atoms with Crippen LogP contribution in [0.5, 0.6) is 0 Å². The molecule has 0 heterocycles. The van der Waals surface area contributed by atoms with Gasteiger partial charge in [0.25, 0.3) is 0 Å². The number of rotatable bonds is 5. The molecule has 0 saturated heterocycles. The van der Waals surface area contributed by atoms with Gasteiger partial charge < -0.3 is 4.74 Å². The van der Waals surface area contributed by atoms with Gasteiger partial charge in [-0.15, -0.1) is 0 Å². The number of carbonyl (C=O) groups excluding carboxylic acids is 1. The van der Waals surface area contributed by atoms with E-state index in [1.165, 1.54) is 18.2 Å². The average Bonchev–Trinajstić information content (AvgIpc) is 2.97. The Bertz CT molecular complexity index is 638. The van der Waals surface area contributed by atoms with E-state index in [-0.39, 0.29) is 12.2 Å². The van der Waals surface area contributed by atoms with Gasteiger partial charge in [0, 0.05) is 5.56 Å². The van der Waals surface area contributed by atoms with Crippen LogP contribution in [0.1, 0.15) is 19.4 Å². The molecule has 2 rings (SSSR count). The zero-order valence-electron chi connectivity index (χ0n) is 12.5. The van der Waals surface area contributed by atoms with Crippen molar-refractivity contribution in [2.75, 3.05) is 0 Å². The summed E-state index contributed by atoms with van der Waals surface area (Å²) in [5.74, 6) is -2.19. The van der Waals surface area contributed by atoms with Crippen molar-refractivity contribution in [2.45, 2.75) is 25.8 Å². The summed E-state index contributed by atoms with van der Waals surface area (Å²) in [4.78, 5) is 12.1. The van der Waals surface area contributed by atoms with Gasteiger partial charge in [0.2, 0.25) is 0 Å². The molecule has 2 atom stereocenters. The van der Waals surface area contributed by atoms with Crippen LogP contribution in [-0.2, 0) is 16.1 Å². The van der Waals surface area contributed by atoms with E-state index in [2.05, 4.69) is 0 Å². The molecule has 0 spiro atoms. The second kappa shape index (κ2) is 6.36. The van der Waals surface area contributed by atoms with Gasteiger partial charge in [-0.1, -0.05) is 49.7 Å². The Labute approximate surface area is 142 Å². The fourth-order valence-corrected chi connectivity index (χ4v) is 2.74. The third kappa shape index (κ3) is 4.01. The van der Waals surface area contributed by atoms with Gasteiger partial charge in [0.1, 0.15) is 12.4 Å². The first kappa shape index (κ1) is 18.1. The largest absolute Gasteiger partial charge is 0.460 e. The first-order valence-electron chi connectivity index (χ1n) is 6.89. The third-order valence-electron chi connectivity index (χ3n) is 4.09. The molecule has 23 heavy (non-hydrogen) atoms. The summed E-state index contributed by atoms with van der Waals surface area (Å²) in [6, 6.07) is 5.92. The summed E-state index contributed by atoms with van der Waals surface area (Å²) in [7, 11) is 0. The maximum atomic E-state index is 13.5. The van der Waals surface area contributed by atoms with Crippen LogP contribution in [0.2, 0.25) is 0 Å². The molecule has 1 fully saturated rings. The van der Waals surface area contributed by atoms with Crippen molar-refractivity contribution in [3.8, 4) is 0 Å². The van der Waals surface area contributed by atoms with Crippen LogP contribution in [-0.4, -0.2) is 11.4 Å². The zero-order valence-corrected chi connectivity index (χ0v) is 14.0. The first-order chi connectivity index (χ1) is 10.5. The highest BCUT2D eigenvalue weighted by Gasteiger charge is 2.62. The topological polar surface area (TPSA) is 26.3 Å². The number of alkyl halides is 3. The van der Waals surface area contributed by atoms with Crippen molar-refractivity contribution in [3.05, 3.63) is 46.8 Å². The lowest BCUT2D eigenvalue weighted by molar-refractivity contribution is -0.147. The van der Waals surface area contributed by atoms with E-state index in [0.717, 1.165) is 6.08 Å². The van der Waals surface area contributed by atoms with Crippen LogP contribution in [0.3, 0.4) is 0 Å². The van der Waals surface area contributed by atoms with Crippen LogP contribution < -0.4 is 0 Å². The molecule has 7 heteroatoms. The molecular weight excluding hydrogens is 352 g/mol. The molecule has 2 nitrogen and oxygen atoms in total. The molecule has 0 amide bonds. The van der Waals surface area contributed by atoms with Gasteiger partial charge in [-0.25, -0.2) is 4.39 Å². The number of hydrogen-bond donors (Lipinski definition) is 0. The van der Waals surface area contributed by atoms with Crippen LogP contribution >= 0.6 is 23.2 Å². The summed E-state index contributed by atoms with van der Waals surface area (Å²) in [5.41, 5.74) is -0.328. The molecule has 0 radical (unpaired) electrons. The van der Waals surface area contributed by atoms with Gasteiger partial charge >= 0.3 is 11.4 Å². The minimum absolute atomic E-state index is 0.214. The van der Waals surface area contributed by atoms with Crippen LogP contribution in [0.25, 0.3) is 0 Å². The number of benzene rings is 1. The quantitative estimate of drug-likeness (QED) is 0.535. The van der Waals surface area contributed by atoms with Gasteiger partial charge in [-0.2, -0.15) is 8.78 Å². The second-order valence-corrected chi connectivity index (χ2v) is 6.92. The highest BCUT2D eigenvalue weighted by molar-refractivity contribution is 6.38. The van der Waals surface area contributed by atoms with E-state index in [1.54, 1.807) is 19.9 Å². The maximum Gasteiger partial charge on any atom is 0.358 e. The molecule has 126 valence electrons. The number of halogens is 5. The SMILES string of the molecule is CC1(C)C(/C=C(\Cl)C(F)(F)Cl)C1C(=O)OCc1ccccc1F. The number of carbonyl (C=O) groups is 1. The van der Waals surface area contributed by atoms with E-state index in [9.17, 15) is 18.0 Å². The summed E-state index contributed by atoms with van der Waals surface area (Å²) in [6.07, 6.45) is 1.09. The van der Waals surface area contributed by atoms with E-state index in [0.29, 0.717) is 0 Å². The Kier molecular flexibility index (Phi) is 5.02. The summed E-state index contributed by atoms with van der Waals surface area (Å²) >= 11 is 10.3. The lowest BCUT2D eigenvalue weighted by Crippen LogP contribution is -2.11. The van der Waals surface area contributed by atoms with E-state index >= 15 is 0 Å². The summed E-state index contributed by atoms with van der Waals surface area (Å²) < 4.78 is 44.4. The predicted molar refractivity (Wildman–Crippen MR) is 81.7 cm³/mol. The van der Waals surface area contributed by atoms with Crippen molar-refractivity contribution in [1.29, 1.82) is 0 Å². The highest BCUT2D eigenvalue weighted by Crippen LogP contribution is 2.60. The summed E-state index contributed by atoms with van der Waals surface area (Å²) in [6.45, 7) is 3.26. The van der Waals surface area contributed by atoms with Crippen molar-refractivity contribution in [3.63, 3.8) is 0 Å². The zero-order chi connectivity index (χ0) is 17.4. The van der Waals surface area contributed by atoms with Crippen LogP contribution in [0.15, 0.2) is 35.4 Å². The smallest absolute Gasteiger partial charge is 0.358 e. The Balaban J connectivity index is 2.02. The third-order valence-corrected chi connectivity index (χ3v) is 4.75. The molecule has 1 aromatic carbocycles. The predicted octanol–water partition coefficient (Wildman–Crippen LogP) is 5.10. The minimum Gasteiger partial charge on any atom is -0.460 e. The number of ether oxygens (including phenoxy) is 1. The van der Waals surface area contributed by atoms with E-state index < -0.39 is 39.5 Å². The van der Waals surface area contributed by atoms with Crippen LogP contribution in [0, 0.1) is 23.1 Å². The van der Waals surface area contributed by atoms with Crippen molar-refractivity contribution in [2.24, 2.45) is 17.3 Å². The molecule has 1 aliphatic carbocycles. The van der Waals surface area contributed by atoms with Crippen LogP contribution in [0.4, 0.5) is 13.2 Å². The van der Waals surface area contributed by atoms with E-state index in [4.69, 9.17) is 27.9 Å². The average molecular weight is 367 g/mol. The molecule has 1 aliphatic rings. The standard InChI is InChI=1S/C16H15Cl2F3O2/c1-15(2)10(7-12(17)16(18,20)21)13(15)14(22)23-8-9-5-3-4-6-11(9)19/h3-7,10,13H,8H2,1-2H3/b12-7-. The Hall–Kier alpha value is -1.20. The van der Waals surface area contributed by atoms with Gasteiger partial charge in [-0.3, -0.25) is 4.79 Å². The Morgan fingerprint density at radius 2 is 2.00 bits per heavy atom. The Morgan fingerprint density at radius 3 is 2.57 bits per heavy atom. The second-order valence-electron chi connectivity index (χ2n) is 6.04. The van der Waals surface area contributed by atoms with Crippen molar-refractivity contribution < 1.29 is 22.7 Å². The van der Waals surface area contributed by atoms with Gasteiger partial charge in [0.15, 0.2) is 0 Å². The van der Waals surface area contributed by atoms with E-state index in [1.807, 2.05) is 0 Å². The lowest BCUT2D eigenvalue weighted by Gasteiger charge is -2.06. The monoisotopic (exact) mass is 366 g/mol. The number of allylic oxidation sites excluding steroid dienone is 2. The molecule has 0 N–H and O–H groups in total. The first-order valence-corrected chi connectivity index (χ1v) is 7.65. The molecule has 2 unspecified atom stereocenters. The molecule has 0 aromatic heterocycles. The molecule has 0 bridgehead atoms. The van der Waals surface area contributed by atoms with Crippen molar-refractivity contribution >= 4 is 29.2 Å². The van der Waals surface area contributed by atoms with Crippen molar-refractivity contribution in [1.82, 2.24) is 0 Å². The number of hydrogen-bond acceptors (Lipinski definition) is 2. The molecule has 1 aromatic rings. The Morgan fingerprint density at radius 1 is 1.39 bits per heavy atom. The number of esters is 1. The fraction of sp³-hybridized carbons (Fsp3) is 0.438. The minimum atomic E-state index is -3.66. The highest BCUT2D eigenvalue weighted by atomic mass is 35.5. The normalized spacial score (nSPS) is 23.5. The lowest BCUT2D eigenvalue weighted by atomic mass is 10.1. The fourth-order valence-electron chi connectivity index (χ4n) is 2.55. The maximum absolute atomic E-state index is 13.5. The molecular formula is C16H15Cl2F3O2. The van der Waals surface area contributed by atoms with Gasteiger partial charge in [0.05, 0.1) is 11.0 Å². The summed E-state index contributed by atoms with van der Waals surface area (Å²) in [5, 5.41) is -4.48. The van der Waals surface area contributed by atoms with Gasteiger partial charge in [-0.05, 0) is 29.0 Å². The molecule has 0 aliphatic heterocycles. The molecule has 1 saturated carbocycles.